The molecule has 1 N–H and O–H groups in total. The van der Waals surface area contributed by atoms with Crippen molar-refractivity contribution in [2.24, 2.45) is 11.8 Å². The maximum Gasteiger partial charge on any atom is 0.233 e. The maximum absolute atomic E-state index is 8.85. The molecular formula is C13H18N2O2. The Kier molecular flexibility index (Phi) is 4.09. The summed E-state index contributed by atoms with van der Waals surface area (Å²) in [6.45, 7) is 2.84. The second-order valence-electron chi connectivity index (χ2n) is 4.51. The lowest BCUT2D eigenvalue weighted by molar-refractivity contribution is 0.190. The highest BCUT2D eigenvalue weighted by atomic mass is 16.5. The van der Waals surface area contributed by atoms with Crippen LogP contribution in [-0.4, -0.2) is 21.9 Å². The monoisotopic (exact) mass is 234 g/mol. The fourth-order valence-electron chi connectivity index (χ4n) is 1.94. The molecule has 1 aliphatic rings. The van der Waals surface area contributed by atoms with Gasteiger partial charge in [-0.2, -0.15) is 0 Å². The molecule has 2 unspecified atom stereocenters. The third-order valence-electron chi connectivity index (χ3n) is 3.22. The SMILES string of the molecule is CC1CC=CCC1COc1ccc(CO)nn1. The normalized spacial score (nSPS) is 23.6. The third kappa shape index (κ3) is 3.27. The van der Waals surface area contributed by atoms with Crippen molar-refractivity contribution < 1.29 is 9.84 Å². The first kappa shape index (κ1) is 12.0. The third-order valence-corrected chi connectivity index (χ3v) is 3.22. The molecule has 0 bridgehead atoms. The first-order valence-corrected chi connectivity index (χ1v) is 6.01. The van der Waals surface area contributed by atoms with E-state index in [4.69, 9.17) is 9.84 Å². The van der Waals surface area contributed by atoms with Crippen molar-refractivity contribution in [3.8, 4) is 5.88 Å². The highest BCUT2D eigenvalue weighted by Crippen LogP contribution is 2.25. The molecular weight excluding hydrogens is 216 g/mol. The van der Waals surface area contributed by atoms with Crippen molar-refractivity contribution in [1.29, 1.82) is 0 Å². The van der Waals surface area contributed by atoms with Gasteiger partial charge >= 0.3 is 0 Å². The van der Waals surface area contributed by atoms with Crippen molar-refractivity contribution in [2.75, 3.05) is 6.61 Å². The Morgan fingerprint density at radius 1 is 1.29 bits per heavy atom. The van der Waals surface area contributed by atoms with Gasteiger partial charge in [-0.05, 0) is 30.7 Å². The molecule has 4 nitrogen and oxygen atoms in total. The van der Waals surface area contributed by atoms with Gasteiger partial charge in [0.05, 0.1) is 18.9 Å². The molecule has 0 saturated carbocycles. The van der Waals surface area contributed by atoms with Gasteiger partial charge in [0, 0.05) is 6.07 Å². The maximum atomic E-state index is 8.85. The number of aromatic nitrogens is 2. The molecule has 0 aromatic carbocycles. The standard InChI is InChI=1S/C13H18N2O2/c1-10-4-2-3-5-11(10)9-17-13-7-6-12(8-16)14-15-13/h2-3,6-7,10-11,16H,4-5,8-9H2,1H3. The van der Waals surface area contributed by atoms with Crippen LogP contribution in [0.25, 0.3) is 0 Å². The minimum Gasteiger partial charge on any atom is -0.476 e. The lowest BCUT2D eigenvalue weighted by Gasteiger charge is -2.24. The summed E-state index contributed by atoms with van der Waals surface area (Å²) < 4.78 is 5.63. The summed E-state index contributed by atoms with van der Waals surface area (Å²) in [4.78, 5) is 0. The number of allylic oxidation sites excluding steroid dienone is 2. The van der Waals surface area contributed by atoms with Crippen LogP contribution in [-0.2, 0) is 6.61 Å². The molecule has 1 aromatic heterocycles. The molecule has 1 aromatic rings. The fourth-order valence-corrected chi connectivity index (χ4v) is 1.94. The van der Waals surface area contributed by atoms with Crippen LogP contribution in [0.4, 0.5) is 0 Å². The van der Waals surface area contributed by atoms with Crippen molar-refractivity contribution in [1.82, 2.24) is 10.2 Å². The van der Waals surface area contributed by atoms with E-state index in [1.807, 2.05) is 0 Å². The van der Waals surface area contributed by atoms with Gasteiger partial charge in [0.1, 0.15) is 0 Å². The summed E-state index contributed by atoms with van der Waals surface area (Å²) in [5.74, 6) is 1.74. The molecule has 0 saturated heterocycles. The van der Waals surface area contributed by atoms with E-state index in [9.17, 15) is 0 Å². The van der Waals surface area contributed by atoms with Gasteiger partial charge in [-0.25, -0.2) is 0 Å². The summed E-state index contributed by atoms with van der Waals surface area (Å²) in [7, 11) is 0. The molecule has 2 rings (SSSR count). The molecule has 17 heavy (non-hydrogen) atoms. The number of hydrogen-bond acceptors (Lipinski definition) is 4. The van der Waals surface area contributed by atoms with E-state index in [-0.39, 0.29) is 6.61 Å². The van der Waals surface area contributed by atoms with Gasteiger partial charge in [0.15, 0.2) is 0 Å². The zero-order chi connectivity index (χ0) is 12.1. The Hall–Kier alpha value is -1.42. The molecule has 0 aliphatic heterocycles. The van der Waals surface area contributed by atoms with Crippen LogP contribution in [0.3, 0.4) is 0 Å². The molecule has 0 fully saturated rings. The molecule has 1 heterocycles. The molecule has 2 atom stereocenters. The highest BCUT2D eigenvalue weighted by Gasteiger charge is 2.19. The van der Waals surface area contributed by atoms with E-state index in [1.165, 1.54) is 0 Å². The minimum absolute atomic E-state index is 0.0856. The van der Waals surface area contributed by atoms with E-state index in [1.54, 1.807) is 12.1 Å². The van der Waals surface area contributed by atoms with Crippen LogP contribution < -0.4 is 4.74 Å². The fraction of sp³-hybridized carbons (Fsp3) is 0.538. The number of nitrogens with zero attached hydrogens (tertiary/aromatic N) is 2. The largest absolute Gasteiger partial charge is 0.476 e. The summed E-state index contributed by atoms with van der Waals surface area (Å²) in [6.07, 6.45) is 6.65. The lowest BCUT2D eigenvalue weighted by atomic mass is 9.85. The van der Waals surface area contributed by atoms with Crippen LogP contribution in [0.1, 0.15) is 25.5 Å². The number of hydrogen-bond donors (Lipinski definition) is 1. The molecule has 92 valence electrons. The van der Waals surface area contributed by atoms with Crippen LogP contribution >= 0.6 is 0 Å². The lowest BCUT2D eigenvalue weighted by Crippen LogP contribution is -2.21. The average molecular weight is 234 g/mol. The van der Waals surface area contributed by atoms with Crippen LogP contribution in [0, 0.1) is 11.8 Å². The topological polar surface area (TPSA) is 55.2 Å². The highest BCUT2D eigenvalue weighted by molar-refractivity contribution is 5.11. The van der Waals surface area contributed by atoms with E-state index in [0.29, 0.717) is 30.0 Å². The molecule has 4 heteroatoms. The Morgan fingerprint density at radius 2 is 2.12 bits per heavy atom. The summed E-state index contributed by atoms with van der Waals surface area (Å²) >= 11 is 0. The second kappa shape index (κ2) is 5.77. The van der Waals surface area contributed by atoms with Crippen molar-refractivity contribution in [3.05, 3.63) is 30.0 Å². The Bertz CT molecular complexity index is 376. The van der Waals surface area contributed by atoms with Crippen LogP contribution in [0.5, 0.6) is 5.88 Å². The van der Waals surface area contributed by atoms with Gasteiger partial charge in [-0.3, -0.25) is 0 Å². The zero-order valence-corrected chi connectivity index (χ0v) is 10.0. The van der Waals surface area contributed by atoms with Gasteiger partial charge in [0.2, 0.25) is 5.88 Å². The van der Waals surface area contributed by atoms with Gasteiger partial charge in [-0.1, -0.05) is 19.1 Å². The molecule has 0 radical (unpaired) electrons. The van der Waals surface area contributed by atoms with Gasteiger partial charge in [0.25, 0.3) is 0 Å². The number of ether oxygens (including phenoxy) is 1. The predicted molar refractivity (Wildman–Crippen MR) is 64.5 cm³/mol. The van der Waals surface area contributed by atoms with E-state index >= 15 is 0 Å². The van der Waals surface area contributed by atoms with Crippen LogP contribution in [0.15, 0.2) is 24.3 Å². The second-order valence-corrected chi connectivity index (χ2v) is 4.51. The molecule has 1 aliphatic carbocycles. The summed E-state index contributed by atoms with van der Waals surface area (Å²) in [5, 5.41) is 16.6. The summed E-state index contributed by atoms with van der Waals surface area (Å²) in [5.41, 5.74) is 0.561. The zero-order valence-electron chi connectivity index (χ0n) is 10.0. The average Bonchev–Trinajstić information content (AvgIpc) is 2.38. The van der Waals surface area contributed by atoms with Gasteiger partial charge < -0.3 is 9.84 Å². The number of aliphatic hydroxyl groups is 1. The molecule has 0 amide bonds. The van der Waals surface area contributed by atoms with E-state index < -0.39 is 0 Å². The Morgan fingerprint density at radius 3 is 2.76 bits per heavy atom. The van der Waals surface area contributed by atoms with E-state index in [0.717, 1.165) is 12.8 Å². The van der Waals surface area contributed by atoms with Crippen molar-refractivity contribution in [3.63, 3.8) is 0 Å². The number of rotatable bonds is 4. The summed E-state index contributed by atoms with van der Waals surface area (Å²) in [6, 6.07) is 3.48. The van der Waals surface area contributed by atoms with Crippen molar-refractivity contribution in [2.45, 2.75) is 26.4 Å². The first-order chi connectivity index (χ1) is 8.29. The van der Waals surface area contributed by atoms with E-state index in [2.05, 4.69) is 29.3 Å². The smallest absolute Gasteiger partial charge is 0.233 e. The molecule has 0 spiro atoms. The predicted octanol–water partition coefficient (Wildman–Crippen LogP) is 1.95. The van der Waals surface area contributed by atoms with Crippen molar-refractivity contribution >= 4 is 0 Å². The Labute approximate surface area is 101 Å². The first-order valence-electron chi connectivity index (χ1n) is 6.01. The number of aliphatic hydroxyl groups excluding tert-OH is 1. The van der Waals surface area contributed by atoms with Crippen LogP contribution in [0.2, 0.25) is 0 Å². The quantitative estimate of drug-likeness (QED) is 0.809. The van der Waals surface area contributed by atoms with Gasteiger partial charge in [-0.15, -0.1) is 10.2 Å². The Balaban J connectivity index is 1.86. The minimum atomic E-state index is -0.0856.